The Morgan fingerprint density at radius 2 is 2.21 bits per heavy atom. The molecular formula is C11H15ClN2. The molecule has 0 aromatic carbocycles. The molecule has 1 aromatic heterocycles. The number of rotatable bonds is 4. The lowest BCUT2D eigenvalue weighted by molar-refractivity contribution is 0.743. The molecule has 14 heavy (non-hydrogen) atoms. The van der Waals surface area contributed by atoms with Crippen LogP contribution in [-0.2, 0) is 6.42 Å². The van der Waals surface area contributed by atoms with E-state index in [2.05, 4.69) is 16.9 Å². The molecule has 0 unspecified atom stereocenters. The molecule has 0 spiro atoms. The highest BCUT2D eigenvalue weighted by atomic mass is 35.5. The van der Waals surface area contributed by atoms with Crippen molar-refractivity contribution >= 4 is 11.6 Å². The van der Waals surface area contributed by atoms with Crippen LogP contribution in [0.4, 0.5) is 0 Å². The van der Waals surface area contributed by atoms with Gasteiger partial charge in [0.15, 0.2) is 0 Å². The average Bonchev–Trinajstić information content (AvgIpc) is 2.97. The van der Waals surface area contributed by atoms with Gasteiger partial charge >= 0.3 is 0 Å². The molecule has 1 fully saturated rings. The summed E-state index contributed by atoms with van der Waals surface area (Å²) in [6.07, 6.45) is 5.80. The van der Waals surface area contributed by atoms with E-state index in [9.17, 15) is 0 Å². The molecule has 1 saturated carbocycles. The van der Waals surface area contributed by atoms with Crippen LogP contribution in [0.2, 0.25) is 5.15 Å². The van der Waals surface area contributed by atoms with Gasteiger partial charge in [-0.3, -0.25) is 0 Å². The SMILES string of the molecule is CCCCc1nc(Cl)cc(C2CC2)n1. The standard InChI is InChI=1S/C11H15ClN2/c1-2-3-4-11-13-9(8-5-6-8)7-10(12)14-11/h7-8H,2-6H2,1H3. The zero-order valence-corrected chi connectivity index (χ0v) is 9.22. The molecule has 0 saturated heterocycles. The third kappa shape index (κ3) is 2.44. The van der Waals surface area contributed by atoms with Crippen LogP contribution in [0.25, 0.3) is 0 Å². The quantitative estimate of drug-likeness (QED) is 0.713. The van der Waals surface area contributed by atoms with Crippen LogP contribution in [0.3, 0.4) is 0 Å². The van der Waals surface area contributed by atoms with Gasteiger partial charge in [-0.1, -0.05) is 24.9 Å². The average molecular weight is 211 g/mol. The van der Waals surface area contributed by atoms with Crippen LogP contribution < -0.4 is 0 Å². The van der Waals surface area contributed by atoms with Crippen LogP contribution in [0.15, 0.2) is 6.07 Å². The number of unbranched alkanes of at least 4 members (excludes halogenated alkanes) is 1. The van der Waals surface area contributed by atoms with Crippen LogP contribution in [0, 0.1) is 0 Å². The molecule has 2 rings (SSSR count). The summed E-state index contributed by atoms with van der Waals surface area (Å²) in [5, 5.41) is 0.605. The summed E-state index contributed by atoms with van der Waals surface area (Å²) >= 11 is 5.95. The molecule has 0 radical (unpaired) electrons. The Bertz CT molecular complexity index is 321. The normalized spacial score (nSPS) is 15.9. The highest BCUT2D eigenvalue weighted by Gasteiger charge is 2.25. The van der Waals surface area contributed by atoms with Gasteiger partial charge in [0.25, 0.3) is 0 Å². The van der Waals surface area contributed by atoms with Gasteiger partial charge in [0.2, 0.25) is 0 Å². The Balaban J connectivity index is 2.13. The van der Waals surface area contributed by atoms with E-state index in [1.54, 1.807) is 0 Å². The third-order valence-corrected chi connectivity index (χ3v) is 2.70. The van der Waals surface area contributed by atoms with Gasteiger partial charge in [0.05, 0.1) is 0 Å². The summed E-state index contributed by atoms with van der Waals surface area (Å²) in [6, 6.07) is 1.91. The van der Waals surface area contributed by atoms with E-state index in [0.717, 1.165) is 24.4 Å². The van der Waals surface area contributed by atoms with Crippen molar-refractivity contribution in [1.82, 2.24) is 9.97 Å². The first-order valence-electron chi connectivity index (χ1n) is 5.33. The maximum absolute atomic E-state index is 5.95. The van der Waals surface area contributed by atoms with Crippen molar-refractivity contribution < 1.29 is 0 Å². The lowest BCUT2D eigenvalue weighted by Crippen LogP contribution is -1.99. The van der Waals surface area contributed by atoms with E-state index in [1.807, 2.05) is 6.07 Å². The van der Waals surface area contributed by atoms with Gasteiger partial charge in [0, 0.05) is 18.0 Å². The van der Waals surface area contributed by atoms with Crippen molar-refractivity contribution in [2.45, 2.75) is 44.9 Å². The summed E-state index contributed by atoms with van der Waals surface area (Å²) in [5.74, 6) is 1.58. The first-order chi connectivity index (χ1) is 6.79. The molecule has 1 aromatic rings. The molecule has 1 aliphatic carbocycles. The van der Waals surface area contributed by atoms with Crippen LogP contribution in [0.1, 0.15) is 50.0 Å². The summed E-state index contributed by atoms with van der Waals surface area (Å²) in [5.41, 5.74) is 1.15. The molecule has 3 heteroatoms. The monoisotopic (exact) mass is 210 g/mol. The number of aryl methyl sites for hydroxylation is 1. The minimum absolute atomic E-state index is 0.605. The molecule has 76 valence electrons. The lowest BCUT2D eigenvalue weighted by Gasteiger charge is -2.03. The summed E-state index contributed by atoms with van der Waals surface area (Å²) in [6.45, 7) is 2.17. The number of halogens is 1. The van der Waals surface area contributed by atoms with E-state index in [-0.39, 0.29) is 0 Å². The number of nitrogens with zero attached hydrogens (tertiary/aromatic N) is 2. The van der Waals surface area contributed by atoms with E-state index in [0.29, 0.717) is 11.1 Å². The van der Waals surface area contributed by atoms with Crippen molar-refractivity contribution in [3.05, 3.63) is 22.7 Å². The largest absolute Gasteiger partial charge is 0.238 e. The molecule has 0 amide bonds. The molecule has 1 aliphatic rings. The minimum Gasteiger partial charge on any atom is -0.238 e. The molecule has 0 N–H and O–H groups in total. The zero-order valence-electron chi connectivity index (χ0n) is 8.46. The Kier molecular flexibility index (Phi) is 3.02. The number of hydrogen-bond acceptors (Lipinski definition) is 2. The van der Waals surface area contributed by atoms with Gasteiger partial charge < -0.3 is 0 Å². The topological polar surface area (TPSA) is 25.8 Å². The van der Waals surface area contributed by atoms with Gasteiger partial charge in [0.1, 0.15) is 11.0 Å². The second-order valence-electron chi connectivity index (χ2n) is 3.91. The van der Waals surface area contributed by atoms with Crippen LogP contribution >= 0.6 is 11.6 Å². The Morgan fingerprint density at radius 3 is 2.86 bits per heavy atom. The summed E-state index contributed by atoms with van der Waals surface area (Å²) in [7, 11) is 0. The van der Waals surface area contributed by atoms with Crippen molar-refractivity contribution in [1.29, 1.82) is 0 Å². The fourth-order valence-electron chi connectivity index (χ4n) is 1.52. The van der Waals surface area contributed by atoms with Gasteiger partial charge in [-0.25, -0.2) is 9.97 Å². The van der Waals surface area contributed by atoms with Gasteiger partial charge in [-0.15, -0.1) is 0 Å². The molecule has 1 heterocycles. The van der Waals surface area contributed by atoms with Crippen LogP contribution in [-0.4, -0.2) is 9.97 Å². The maximum Gasteiger partial charge on any atom is 0.133 e. The third-order valence-electron chi connectivity index (χ3n) is 2.51. The van der Waals surface area contributed by atoms with E-state index >= 15 is 0 Å². The first-order valence-corrected chi connectivity index (χ1v) is 5.70. The van der Waals surface area contributed by atoms with Crippen molar-refractivity contribution in [2.75, 3.05) is 0 Å². The second kappa shape index (κ2) is 4.26. The minimum atomic E-state index is 0.605. The first kappa shape index (κ1) is 9.91. The number of hydrogen-bond donors (Lipinski definition) is 0. The fraction of sp³-hybridized carbons (Fsp3) is 0.636. The molecule has 0 bridgehead atoms. The predicted molar refractivity (Wildman–Crippen MR) is 57.6 cm³/mol. The summed E-state index contributed by atoms with van der Waals surface area (Å²) < 4.78 is 0. The van der Waals surface area contributed by atoms with E-state index < -0.39 is 0 Å². The molecule has 0 aliphatic heterocycles. The highest BCUT2D eigenvalue weighted by Crippen LogP contribution is 2.39. The summed E-state index contributed by atoms with van der Waals surface area (Å²) in [4.78, 5) is 8.77. The van der Waals surface area contributed by atoms with E-state index in [4.69, 9.17) is 11.6 Å². The van der Waals surface area contributed by atoms with Crippen molar-refractivity contribution in [3.63, 3.8) is 0 Å². The van der Waals surface area contributed by atoms with E-state index in [1.165, 1.54) is 19.3 Å². The molecule has 0 atom stereocenters. The number of aromatic nitrogens is 2. The fourth-order valence-corrected chi connectivity index (χ4v) is 1.73. The second-order valence-corrected chi connectivity index (χ2v) is 4.30. The highest BCUT2D eigenvalue weighted by molar-refractivity contribution is 6.29. The Morgan fingerprint density at radius 1 is 1.43 bits per heavy atom. The van der Waals surface area contributed by atoms with Gasteiger partial charge in [-0.2, -0.15) is 0 Å². The maximum atomic E-state index is 5.95. The van der Waals surface area contributed by atoms with Crippen LogP contribution in [0.5, 0.6) is 0 Å². The van der Waals surface area contributed by atoms with Gasteiger partial charge in [-0.05, 0) is 25.3 Å². The Labute approximate surface area is 89.7 Å². The molecular weight excluding hydrogens is 196 g/mol. The zero-order chi connectivity index (χ0) is 9.97. The van der Waals surface area contributed by atoms with Crippen molar-refractivity contribution in [3.8, 4) is 0 Å². The molecule has 2 nitrogen and oxygen atoms in total. The lowest BCUT2D eigenvalue weighted by atomic mass is 10.2. The van der Waals surface area contributed by atoms with Crippen molar-refractivity contribution in [2.24, 2.45) is 0 Å². The predicted octanol–water partition coefficient (Wildman–Crippen LogP) is 3.35. The Hall–Kier alpha value is -0.630. The smallest absolute Gasteiger partial charge is 0.133 e.